The number of para-hydroxylation sites is 1. The van der Waals surface area contributed by atoms with Crippen LogP contribution < -0.4 is 20.8 Å². The molecule has 1 aromatic heterocycles. The molecule has 2 aromatic rings. The van der Waals surface area contributed by atoms with Crippen molar-refractivity contribution in [3.8, 4) is 0 Å². The first-order chi connectivity index (χ1) is 22.0. The van der Waals surface area contributed by atoms with Gasteiger partial charge in [-0.25, -0.2) is 0 Å². The van der Waals surface area contributed by atoms with Crippen LogP contribution >= 0.6 is 0 Å². The molecule has 0 bridgehead atoms. The van der Waals surface area contributed by atoms with Crippen molar-refractivity contribution in [2.45, 2.75) is 115 Å². The second kappa shape index (κ2) is 16.1. The summed E-state index contributed by atoms with van der Waals surface area (Å²) >= 11 is 0. The van der Waals surface area contributed by atoms with E-state index in [-0.39, 0.29) is 42.8 Å². The van der Waals surface area contributed by atoms with Gasteiger partial charge < -0.3 is 30.8 Å². The third-order valence-corrected chi connectivity index (χ3v) is 9.39. The number of hydrogen-bond acceptors (Lipinski definition) is 7. The largest absolute Gasteiger partial charge is 0.417 e. The van der Waals surface area contributed by atoms with Gasteiger partial charge in [0.2, 0.25) is 23.6 Å². The Hall–Kier alpha value is -3.93. The standard InChI is InChI=1S/C34H49N5O7/c1-5-21(2)30-34(45)38-18-12-11-16-28(38)33(44)35-25(14-7-6-8-17-29(41)22(3)40)31(42)36-26(32(43)37-30)19-23-20-39(46-4)27-15-10-9-13-24(23)27/h9-10,13,15,20-22,25-26,28,30,40H,5-8,11-12,14,16-19H2,1-4H3,(H,35,44)(H,36,42)(H,37,43)/t21-,22-,25-,26-,28+,30+/m0/s1. The number of aliphatic hydroxyl groups is 1. The maximum atomic E-state index is 14.0. The lowest BCUT2D eigenvalue weighted by atomic mass is 9.93. The molecular formula is C34H49N5O7. The van der Waals surface area contributed by atoms with E-state index < -0.39 is 42.1 Å². The van der Waals surface area contributed by atoms with Gasteiger partial charge in [-0.05, 0) is 56.6 Å². The van der Waals surface area contributed by atoms with Crippen LogP contribution in [0.15, 0.2) is 30.5 Å². The predicted octanol–water partition coefficient (Wildman–Crippen LogP) is 2.04. The summed E-state index contributed by atoms with van der Waals surface area (Å²) in [6.45, 7) is 5.69. The van der Waals surface area contributed by atoms with Crippen molar-refractivity contribution in [2.75, 3.05) is 13.7 Å². The molecule has 252 valence electrons. The summed E-state index contributed by atoms with van der Waals surface area (Å²) in [5.74, 6) is -2.07. The second-order valence-electron chi connectivity index (χ2n) is 12.7. The fourth-order valence-corrected chi connectivity index (χ4v) is 6.39. The molecule has 0 radical (unpaired) electrons. The SMILES string of the molecule is CC[C@H](C)[C@H]1NC(=O)[C@H](Cc2cn(OC)c3ccccc23)NC(=O)[C@H](CCCCCC(=O)[C@H](C)O)NC(=O)[C@H]2CCCCN2C1=O. The van der Waals surface area contributed by atoms with E-state index in [1.807, 2.05) is 38.1 Å². The summed E-state index contributed by atoms with van der Waals surface area (Å²) in [6.07, 6.45) is 5.73. The number of aliphatic hydroxyl groups excluding tert-OH is 1. The molecule has 0 saturated carbocycles. The van der Waals surface area contributed by atoms with Crippen LogP contribution in [-0.4, -0.2) is 88.1 Å². The molecule has 0 unspecified atom stereocenters. The number of Topliss-reactive ketones (excluding diaryl/α,β-unsaturated/α-hetero) is 1. The van der Waals surface area contributed by atoms with Crippen LogP contribution in [0.2, 0.25) is 0 Å². The summed E-state index contributed by atoms with van der Waals surface area (Å²) < 4.78 is 1.60. The second-order valence-corrected chi connectivity index (χ2v) is 12.7. The van der Waals surface area contributed by atoms with Crippen LogP contribution in [0.5, 0.6) is 0 Å². The van der Waals surface area contributed by atoms with Crippen LogP contribution in [0.4, 0.5) is 0 Å². The highest BCUT2D eigenvalue weighted by atomic mass is 16.6. The van der Waals surface area contributed by atoms with Gasteiger partial charge in [0.1, 0.15) is 37.4 Å². The minimum atomic E-state index is -1.04. The van der Waals surface area contributed by atoms with Gasteiger partial charge in [0.05, 0.1) is 5.52 Å². The Morgan fingerprint density at radius 2 is 1.70 bits per heavy atom. The molecule has 12 nitrogen and oxygen atoms in total. The fraction of sp³-hybridized carbons (Fsp3) is 0.618. The number of carbonyl (C=O) groups excluding carboxylic acids is 5. The van der Waals surface area contributed by atoms with Gasteiger partial charge in [0.25, 0.3) is 0 Å². The van der Waals surface area contributed by atoms with Crippen LogP contribution in [0.3, 0.4) is 0 Å². The van der Waals surface area contributed by atoms with Gasteiger partial charge >= 0.3 is 0 Å². The van der Waals surface area contributed by atoms with E-state index in [1.165, 1.54) is 6.92 Å². The van der Waals surface area contributed by atoms with Crippen LogP contribution in [-0.2, 0) is 30.4 Å². The third-order valence-electron chi connectivity index (χ3n) is 9.39. The first-order valence-corrected chi connectivity index (χ1v) is 16.6. The number of rotatable bonds is 12. The van der Waals surface area contributed by atoms with Gasteiger partial charge in [-0.1, -0.05) is 51.3 Å². The highest BCUT2D eigenvalue weighted by Gasteiger charge is 2.41. The molecule has 46 heavy (non-hydrogen) atoms. The zero-order chi connectivity index (χ0) is 33.4. The number of piperidine rings is 1. The Kier molecular flexibility index (Phi) is 12.2. The van der Waals surface area contributed by atoms with Crippen molar-refractivity contribution >= 4 is 40.3 Å². The highest BCUT2D eigenvalue weighted by Crippen LogP contribution is 2.24. The molecule has 2 saturated heterocycles. The lowest BCUT2D eigenvalue weighted by molar-refractivity contribution is -0.147. The molecular weight excluding hydrogens is 590 g/mol. The van der Waals surface area contributed by atoms with Crippen molar-refractivity contribution in [3.05, 3.63) is 36.0 Å². The summed E-state index contributed by atoms with van der Waals surface area (Å²) in [4.78, 5) is 74.6. The van der Waals surface area contributed by atoms with Gasteiger partial charge in [0, 0.05) is 31.0 Å². The number of nitrogens with one attached hydrogen (secondary N) is 3. The Balaban J connectivity index is 1.65. The molecule has 6 atom stereocenters. The topological polar surface area (TPSA) is 159 Å². The quantitative estimate of drug-likeness (QED) is 0.259. The molecule has 2 fully saturated rings. The maximum absolute atomic E-state index is 14.0. The first kappa shape index (κ1) is 34.9. The lowest BCUT2D eigenvalue weighted by Gasteiger charge is -2.39. The molecule has 2 aliphatic heterocycles. The van der Waals surface area contributed by atoms with Gasteiger partial charge in [0.15, 0.2) is 5.78 Å². The van der Waals surface area contributed by atoms with E-state index in [2.05, 4.69) is 16.0 Å². The lowest BCUT2D eigenvalue weighted by Crippen LogP contribution is -2.64. The number of ketones is 1. The molecule has 2 aliphatic rings. The smallest absolute Gasteiger partial charge is 0.246 e. The molecule has 4 N–H and O–H groups in total. The average Bonchev–Trinajstić information content (AvgIpc) is 3.41. The number of carbonyl (C=O) groups is 5. The van der Waals surface area contributed by atoms with Crippen molar-refractivity contribution < 1.29 is 33.9 Å². The number of benzene rings is 1. The highest BCUT2D eigenvalue weighted by molar-refractivity contribution is 5.98. The van der Waals surface area contributed by atoms with Crippen molar-refractivity contribution in [2.24, 2.45) is 5.92 Å². The van der Waals surface area contributed by atoms with Gasteiger partial charge in [-0.15, -0.1) is 0 Å². The Morgan fingerprint density at radius 3 is 2.41 bits per heavy atom. The number of unbranched alkanes of at least 4 members (excludes halogenated alkanes) is 2. The summed E-state index contributed by atoms with van der Waals surface area (Å²) in [5, 5.41) is 19.1. The number of hydrogen-bond donors (Lipinski definition) is 4. The van der Waals surface area contributed by atoms with Crippen LogP contribution in [0, 0.1) is 5.92 Å². The van der Waals surface area contributed by atoms with E-state index in [4.69, 9.17) is 4.84 Å². The molecule has 0 spiro atoms. The predicted molar refractivity (Wildman–Crippen MR) is 173 cm³/mol. The van der Waals surface area contributed by atoms with E-state index >= 15 is 0 Å². The number of nitrogens with zero attached hydrogens (tertiary/aromatic N) is 2. The number of aromatic nitrogens is 1. The zero-order valence-electron chi connectivity index (χ0n) is 27.4. The van der Waals surface area contributed by atoms with E-state index in [0.717, 1.165) is 29.3 Å². The van der Waals surface area contributed by atoms with E-state index in [1.54, 1.807) is 22.9 Å². The molecule has 3 heterocycles. The molecule has 12 heteroatoms. The van der Waals surface area contributed by atoms with Crippen molar-refractivity contribution in [1.29, 1.82) is 0 Å². The normalized spacial score (nSPS) is 24.2. The van der Waals surface area contributed by atoms with Gasteiger partial charge in [-0.3, -0.25) is 24.0 Å². The first-order valence-electron chi connectivity index (χ1n) is 16.6. The minimum Gasteiger partial charge on any atom is -0.417 e. The minimum absolute atomic E-state index is 0.129. The van der Waals surface area contributed by atoms with E-state index in [9.17, 15) is 29.1 Å². The fourth-order valence-electron chi connectivity index (χ4n) is 6.39. The van der Waals surface area contributed by atoms with E-state index in [0.29, 0.717) is 38.6 Å². The summed E-state index contributed by atoms with van der Waals surface area (Å²) in [5.41, 5.74) is 1.58. The summed E-state index contributed by atoms with van der Waals surface area (Å²) in [7, 11) is 1.55. The number of fused-ring (bicyclic) bond motifs is 2. The number of amides is 4. The monoisotopic (exact) mass is 639 g/mol. The van der Waals surface area contributed by atoms with Crippen LogP contribution in [0.1, 0.15) is 84.1 Å². The molecule has 1 aromatic carbocycles. The molecule has 0 aliphatic carbocycles. The molecule has 4 amide bonds. The summed E-state index contributed by atoms with van der Waals surface area (Å²) in [6, 6.07) is 4.01. The Labute approximate surface area is 270 Å². The zero-order valence-corrected chi connectivity index (χ0v) is 27.4. The van der Waals surface area contributed by atoms with Crippen molar-refractivity contribution in [1.82, 2.24) is 25.6 Å². The average molecular weight is 640 g/mol. The Bertz CT molecular complexity index is 1410. The van der Waals surface area contributed by atoms with Crippen LogP contribution in [0.25, 0.3) is 10.9 Å². The maximum Gasteiger partial charge on any atom is 0.246 e. The van der Waals surface area contributed by atoms with Gasteiger partial charge in [-0.2, -0.15) is 4.73 Å². The third kappa shape index (κ3) is 8.26. The Morgan fingerprint density at radius 1 is 0.978 bits per heavy atom. The molecule has 4 rings (SSSR count). The van der Waals surface area contributed by atoms with Crippen molar-refractivity contribution in [3.63, 3.8) is 0 Å².